The number of hydrogen-bond acceptors (Lipinski definition) is 6. The van der Waals surface area contributed by atoms with Gasteiger partial charge in [0.1, 0.15) is 16.5 Å². The summed E-state index contributed by atoms with van der Waals surface area (Å²) in [5.74, 6) is -1.02. The molecule has 2 aromatic rings. The van der Waals surface area contributed by atoms with Crippen molar-refractivity contribution >= 4 is 22.4 Å². The number of carbonyl (C=O) groups is 1. The van der Waals surface area contributed by atoms with Gasteiger partial charge >= 0.3 is 0 Å². The lowest BCUT2D eigenvalue weighted by atomic mass is 9.95. The molecule has 2 aliphatic rings. The second kappa shape index (κ2) is 10.2. The molecule has 2 fully saturated rings. The highest BCUT2D eigenvalue weighted by Crippen LogP contribution is 2.31. The summed E-state index contributed by atoms with van der Waals surface area (Å²) in [5, 5.41) is 3.58. The third-order valence-electron chi connectivity index (χ3n) is 6.47. The summed E-state index contributed by atoms with van der Waals surface area (Å²) in [7, 11) is 0. The second-order valence-corrected chi connectivity index (χ2v) is 9.83. The Kier molecular flexibility index (Phi) is 7.35. The number of piperidine rings is 2. The van der Waals surface area contributed by atoms with Crippen molar-refractivity contribution in [1.82, 2.24) is 20.2 Å². The number of nitrogens with zero attached hydrogens (tertiary/aromatic N) is 4. The molecule has 1 atom stereocenters. The number of aromatic nitrogens is 2. The predicted molar refractivity (Wildman–Crippen MR) is 122 cm³/mol. The van der Waals surface area contributed by atoms with Gasteiger partial charge < -0.3 is 10.2 Å². The largest absolute Gasteiger partial charge is 0.348 e. The Labute approximate surface area is 192 Å². The van der Waals surface area contributed by atoms with Gasteiger partial charge in [-0.3, -0.25) is 14.7 Å². The number of amides is 1. The van der Waals surface area contributed by atoms with E-state index < -0.39 is 11.6 Å². The first kappa shape index (κ1) is 23.0. The van der Waals surface area contributed by atoms with Crippen molar-refractivity contribution in [2.45, 2.75) is 58.5 Å². The molecule has 0 bridgehead atoms. The van der Waals surface area contributed by atoms with Crippen LogP contribution >= 0.6 is 11.3 Å². The van der Waals surface area contributed by atoms with E-state index in [0.29, 0.717) is 17.3 Å². The van der Waals surface area contributed by atoms with Crippen molar-refractivity contribution in [3.63, 3.8) is 0 Å². The van der Waals surface area contributed by atoms with Crippen molar-refractivity contribution < 1.29 is 13.6 Å². The number of aryl methyl sites for hydroxylation is 1. The van der Waals surface area contributed by atoms with E-state index in [-0.39, 0.29) is 18.1 Å². The molecule has 0 radical (unpaired) electrons. The van der Waals surface area contributed by atoms with Crippen LogP contribution in [0.3, 0.4) is 0 Å². The molecule has 2 saturated heterocycles. The highest BCUT2D eigenvalue weighted by molar-refractivity contribution is 7.17. The van der Waals surface area contributed by atoms with Crippen LogP contribution in [0.15, 0.2) is 12.3 Å². The van der Waals surface area contributed by atoms with Gasteiger partial charge in [0.05, 0.1) is 24.1 Å². The third kappa shape index (κ3) is 5.26. The van der Waals surface area contributed by atoms with Crippen LogP contribution in [0.25, 0.3) is 0 Å². The van der Waals surface area contributed by atoms with E-state index in [4.69, 9.17) is 4.98 Å². The lowest BCUT2D eigenvalue weighted by Crippen LogP contribution is -2.48. The first-order valence-corrected chi connectivity index (χ1v) is 12.3. The maximum absolute atomic E-state index is 13.8. The van der Waals surface area contributed by atoms with Gasteiger partial charge in [0.15, 0.2) is 5.13 Å². The summed E-state index contributed by atoms with van der Waals surface area (Å²) >= 11 is 1.39. The van der Waals surface area contributed by atoms with Crippen LogP contribution in [0.2, 0.25) is 0 Å². The molecule has 4 rings (SSSR count). The van der Waals surface area contributed by atoms with Gasteiger partial charge in [0.2, 0.25) is 0 Å². The maximum Gasteiger partial charge on any atom is 0.263 e. The molecule has 2 aliphatic heterocycles. The van der Waals surface area contributed by atoms with Crippen molar-refractivity contribution in [3.05, 3.63) is 40.2 Å². The quantitative estimate of drug-likeness (QED) is 0.702. The molecule has 9 heteroatoms. The molecule has 174 valence electrons. The maximum atomic E-state index is 13.8. The van der Waals surface area contributed by atoms with E-state index in [2.05, 4.69) is 27.0 Å². The number of hydrogen-bond donors (Lipinski definition) is 1. The second-order valence-electron chi connectivity index (χ2n) is 8.85. The number of pyridine rings is 1. The van der Waals surface area contributed by atoms with Crippen LogP contribution in [0.4, 0.5) is 13.9 Å². The predicted octanol–water partition coefficient (Wildman–Crippen LogP) is 4.01. The molecular weight excluding hydrogens is 432 g/mol. The molecular formula is C23H31F2N5OS. The fraction of sp³-hybridized carbons (Fsp3) is 0.609. The normalized spacial score (nSPS) is 20.5. The highest BCUT2D eigenvalue weighted by atomic mass is 32.1. The third-order valence-corrected chi connectivity index (χ3v) is 7.62. The molecule has 0 aromatic carbocycles. The zero-order valence-electron chi connectivity index (χ0n) is 18.7. The van der Waals surface area contributed by atoms with Crippen LogP contribution in [0, 0.1) is 17.6 Å². The average molecular weight is 464 g/mol. The molecule has 1 N–H and O–H groups in total. The highest BCUT2D eigenvalue weighted by Gasteiger charge is 2.29. The van der Waals surface area contributed by atoms with Crippen LogP contribution in [0.1, 0.15) is 60.6 Å². The number of halogens is 2. The van der Waals surface area contributed by atoms with Gasteiger partial charge in [-0.2, -0.15) is 0 Å². The lowest BCUT2D eigenvalue weighted by molar-refractivity contribution is 0.0953. The number of carbonyl (C=O) groups excluding carboxylic acids is 1. The summed E-state index contributed by atoms with van der Waals surface area (Å²) < 4.78 is 26.8. The smallest absolute Gasteiger partial charge is 0.263 e. The van der Waals surface area contributed by atoms with E-state index in [1.165, 1.54) is 37.3 Å². The van der Waals surface area contributed by atoms with Crippen LogP contribution < -0.4 is 10.2 Å². The van der Waals surface area contributed by atoms with Crippen LogP contribution in [-0.4, -0.2) is 53.0 Å². The molecule has 0 unspecified atom stereocenters. The number of likely N-dealkylation sites (tertiary alicyclic amines) is 1. The molecule has 0 spiro atoms. The van der Waals surface area contributed by atoms with E-state index in [9.17, 15) is 13.6 Å². The Morgan fingerprint density at radius 3 is 2.69 bits per heavy atom. The van der Waals surface area contributed by atoms with Gasteiger partial charge in [0.25, 0.3) is 5.91 Å². The van der Waals surface area contributed by atoms with Crippen LogP contribution in [0.5, 0.6) is 0 Å². The van der Waals surface area contributed by atoms with Crippen molar-refractivity contribution in [3.8, 4) is 0 Å². The first-order chi connectivity index (χ1) is 15.4. The molecule has 6 nitrogen and oxygen atoms in total. The molecule has 0 saturated carbocycles. The van der Waals surface area contributed by atoms with Crippen LogP contribution in [-0.2, 0) is 13.0 Å². The summed E-state index contributed by atoms with van der Waals surface area (Å²) in [6, 6.07) is 1.41. The van der Waals surface area contributed by atoms with Gasteiger partial charge in [-0.1, -0.05) is 25.2 Å². The summed E-state index contributed by atoms with van der Waals surface area (Å²) in [5.41, 5.74) is 0.763. The molecule has 4 heterocycles. The summed E-state index contributed by atoms with van der Waals surface area (Å²) in [4.78, 5) is 26.7. The zero-order chi connectivity index (χ0) is 22.7. The SMILES string of the molecule is CCc1nc(N2CCC(N3CCC[C@@H](C)C3)CC2)sc1C(=O)NCc1ncc(F)cc1F. The van der Waals surface area contributed by atoms with E-state index >= 15 is 0 Å². The lowest BCUT2D eigenvalue weighted by Gasteiger charge is -2.41. The Balaban J connectivity index is 1.37. The minimum absolute atomic E-state index is 0.0108. The number of rotatable bonds is 6. The van der Waals surface area contributed by atoms with Crippen molar-refractivity contribution in [1.29, 1.82) is 0 Å². The van der Waals surface area contributed by atoms with E-state index in [1.54, 1.807) is 0 Å². The average Bonchev–Trinajstić information content (AvgIpc) is 3.23. The topological polar surface area (TPSA) is 61.4 Å². The summed E-state index contributed by atoms with van der Waals surface area (Å²) in [6.45, 7) is 8.52. The standard InChI is InChI=1S/C23H31F2N5OS/c1-3-19-21(22(31)27-13-20-18(25)11-16(24)12-26-20)32-23(28-19)29-9-6-17(7-10-29)30-8-4-5-15(2)14-30/h11-12,15,17H,3-10,13-14H2,1-2H3,(H,27,31)/t15-/m1/s1. The fourth-order valence-electron chi connectivity index (χ4n) is 4.69. The van der Waals surface area contributed by atoms with Crippen molar-refractivity contribution in [2.75, 3.05) is 31.1 Å². The summed E-state index contributed by atoms with van der Waals surface area (Å²) in [6.07, 6.45) is 6.45. The zero-order valence-corrected chi connectivity index (χ0v) is 19.6. The Morgan fingerprint density at radius 2 is 2.00 bits per heavy atom. The number of thiazole rings is 1. The Hall–Kier alpha value is -2.13. The minimum Gasteiger partial charge on any atom is -0.348 e. The molecule has 0 aliphatic carbocycles. The van der Waals surface area contributed by atoms with Crippen molar-refractivity contribution in [2.24, 2.45) is 5.92 Å². The fourth-order valence-corrected chi connectivity index (χ4v) is 5.81. The minimum atomic E-state index is -0.767. The Morgan fingerprint density at radius 1 is 1.22 bits per heavy atom. The molecule has 2 aromatic heterocycles. The van der Waals surface area contributed by atoms with Gasteiger partial charge in [0, 0.05) is 31.7 Å². The van der Waals surface area contributed by atoms with Gasteiger partial charge in [-0.15, -0.1) is 0 Å². The number of anilines is 1. The first-order valence-electron chi connectivity index (χ1n) is 11.5. The monoisotopic (exact) mass is 463 g/mol. The van der Waals surface area contributed by atoms with Gasteiger partial charge in [-0.25, -0.2) is 13.8 Å². The molecule has 32 heavy (non-hydrogen) atoms. The van der Waals surface area contributed by atoms with E-state index in [0.717, 1.165) is 54.9 Å². The van der Waals surface area contributed by atoms with Gasteiger partial charge in [-0.05, 0) is 44.6 Å². The molecule has 1 amide bonds. The number of nitrogens with one attached hydrogen (secondary N) is 1. The van der Waals surface area contributed by atoms with E-state index in [1.807, 2.05) is 6.92 Å². The Bertz CT molecular complexity index is 944.